The van der Waals surface area contributed by atoms with E-state index < -0.39 is 5.54 Å². The Labute approximate surface area is 152 Å². The van der Waals surface area contributed by atoms with Crippen LogP contribution < -0.4 is 5.32 Å². The number of fused-ring (bicyclic) bond motifs is 1. The number of amides is 1. The van der Waals surface area contributed by atoms with E-state index in [1.54, 1.807) is 0 Å². The Balaban J connectivity index is 1.55. The van der Waals surface area contributed by atoms with Gasteiger partial charge in [0.15, 0.2) is 5.82 Å². The molecule has 0 saturated carbocycles. The normalized spacial score (nSPS) is 20.0. The van der Waals surface area contributed by atoms with Crippen molar-refractivity contribution in [2.45, 2.75) is 31.8 Å². The molecule has 26 heavy (non-hydrogen) atoms. The van der Waals surface area contributed by atoms with E-state index in [2.05, 4.69) is 66.9 Å². The van der Waals surface area contributed by atoms with Gasteiger partial charge in [-0.05, 0) is 17.7 Å². The van der Waals surface area contributed by atoms with Crippen LogP contribution in [0.15, 0.2) is 24.3 Å². The van der Waals surface area contributed by atoms with E-state index in [0.29, 0.717) is 12.4 Å². The van der Waals surface area contributed by atoms with Gasteiger partial charge in [0, 0.05) is 39.0 Å². The summed E-state index contributed by atoms with van der Waals surface area (Å²) in [5.74, 6) is 0.559. The van der Waals surface area contributed by atoms with Gasteiger partial charge in [-0.3, -0.25) is 9.69 Å². The van der Waals surface area contributed by atoms with E-state index in [-0.39, 0.29) is 5.91 Å². The molecule has 8 nitrogen and oxygen atoms in total. The molecule has 2 aromatic rings. The van der Waals surface area contributed by atoms with Crippen LogP contribution in [0.2, 0.25) is 0 Å². The molecule has 0 radical (unpaired) electrons. The highest BCUT2D eigenvalue weighted by Gasteiger charge is 2.48. The highest BCUT2D eigenvalue weighted by atomic mass is 16.2. The molecular weight excluding hydrogens is 330 g/mol. The molecule has 1 fully saturated rings. The third-order valence-corrected chi connectivity index (χ3v) is 5.73. The van der Waals surface area contributed by atoms with Gasteiger partial charge >= 0.3 is 0 Å². The summed E-state index contributed by atoms with van der Waals surface area (Å²) >= 11 is 0. The number of benzene rings is 1. The summed E-state index contributed by atoms with van der Waals surface area (Å²) in [4.78, 5) is 18.1. The molecule has 2 N–H and O–H groups in total. The lowest BCUT2D eigenvalue weighted by molar-refractivity contribution is -0.135. The van der Waals surface area contributed by atoms with Crippen molar-refractivity contribution in [2.24, 2.45) is 0 Å². The quantitative estimate of drug-likeness (QED) is 0.784. The summed E-state index contributed by atoms with van der Waals surface area (Å²) < 4.78 is 0. The second kappa shape index (κ2) is 7.13. The molecule has 1 saturated heterocycles. The zero-order valence-corrected chi connectivity index (χ0v) is 15.1. The molecule has 2 aliphatic rings. The molecule has 0 unspecified atom stereocenters. The van der Waals surface area contributed by atoms with Gasteiger partial charge in [0.1, 0.15) is 5.54 Å². The van der Waals surface area contributed by atoms with Gasteiger partial charge in [-0.15, -0.1) is 10.2 Å². The van der Waals surface area contributed by atoms with E-state index in [4.69, 9.17) is 0 Å². The maximum absolute atomic E-state index is 13.3. The largest absolute Gasteiger partial charge is 0.347 e. The minimum absolute atomic E-state index is 0.0587. The molecule has 8 heteroatoms. The first-order valence-corrected chi connectivity index (χ1v) is 9.26. The number of aromatic amines is 1. The van der Waals surface area contributed by atoms with Crippen LogP contribution in [-0.4, -0.2) is 74.6 Å². The number of likely N-dealkylation sites (N-methyl/N-ethyl adjacent to an activating group) is 1. The van der Waals surface area contributed by atoms with E-state index in [1.807, 2.05) is 0 Å². The van der Waals surface area contributed by atoms with Gasteiger partial charge in [0.25, 0.3) is 0 Å². The van der Waals surface area contributed by atoms with E-state index >= 15 is 0 Å². The third kappa shape index (κ3) is 3.10. The average Bonchev–Trinajstić information content (AvgIpc) is 3.34. The van der Waals surface area contributed by atoms with Crippen LogP contribution in [0.5, 0.6) is 0 Å². The molecule has 0 atom stereocenters. The minimum Gasteiger partial charge on any atom is -0.347 e. The topological polar surface area (TPSA) is 90.0 Å². The molecule has 1 aromatic heterocycles. The lowest BCUT2D eigenvalue weighted by Crippen LogP contribution is -2.64. The van der Waals surface area contributed by atoms with Crippen LogP contribution in [0, 0.1) is 0 Å². The first kappa shape index (κ1) is 17.1. The molecule has 1 amide bonds. The number of hydrogen-bond donors (Lipinski definition) is 2. The molecule has 1 aliphatic carbocycles. The average molecular weight is 355 g/mol. The zero-order chi connectivity index (χ0) is 18.0. The summed E-state index contributed by atoms with van der Waals surface area (Å²) in [5, 5.41) is 16.9. The summed E-state index contributed by atoms with van der Waals surface area (Å²) in [5.41, 5.74) is 2.04. The maximum Gasteiger partial charge on any atom is 0.241 e. The number of carbonyl (C=O) groups is 1. The molecule has 2 heterocycles. The monoisotopic (exact) mass is 355 g/mol. The summed E-state index contributed by atoms with van der Waals surface area (Å²) in [6.45, 7) is 7.39. The molecule has 1 aliphatic heterocycles. The predicted octanol–water partition coefficient (Wildman–Crippen LogP) is -0.00900. The molecule has 0 spiro atoms. The van der Waals surface area contributed by atoms with Crippen LogP contribution >= 0.6 is 0 Å². The molecule has 138 valence electrons. The third-order valence-electron chi connectivity index (χ3n) is 5.73. The SMILES string of the molecule is CCN1CCN(C2(C(=O)NCc3nn[nH]n3)Cc3ccccc3C2)CC1. The fraction of sp³-hybridized carbons (Fsp3) is 0.556. The number of carbonyl (C=O) groups excluding carboxylic acids is 1. The van der Waals surface area contributed by atoms with Crippen molar-refractivity contribution in [1.29, 1.82) is 0 Å². The molecule has 1 aromatic carbocycles. The van der Waals surface area contributed by atoms with Gasteiger partial charge in [-0.25, -0.2) is 0 Å². The van der Waals surface area contributed by atoms with Crippen molar-refractivity contribution in [2.75, 3.05) is 32.7 Å². The van der Waals surface area contributed by atoms with Gasteiger partial charge in [-0.1, -0.05) is 36.4 Å². The van der Waals surface area contributed by atoms with Crippen LogP contribution in [0.25, 0.3) is 0 Å². The van der Waals surface area contributed by atoms with Crippen LogP contribution in [0.3, 0.4) is 0 Å². The highest BCUT2D eigenvalue weighted by Crippen LogP contribution is 2.35. The second-order valence-corrected chi connectivity index (χ2v) is 7.09. The fourth-order valence-corrected chi connectivity index (χ4v) is 4.20. The Morgan fingerprint density at radius 1 is 1.19 bits per heavy atom. The lowest BCUT2D eigenvalue weighted by atomic mass is 9.91. The number of piperazine rings is 1. The van der Waals surface area contributed by atoms with E-state index in [9.17, 15) is 4.79 Å². The summed E-state index contributed by atoms with van der Waals surface area (Å²) in [6, 6.07) is 8.40. The maximum atomic E-state index is 13.3. The van der Waals surface area contributed by atoms with Gasteiger partial charge in [0.05, 0.1) is 6.54 Å². The van der Waals surface area contributed by atoms with Gasteiger partial charge in [-0.2, -0.15) is 5.21 Å². The van der Waals surface area contributed by atoms with Crippen LogP contribution in [0.1, 0.15) is 23.9 Å². The molecule has 4 rings (SSSR count). The Kier molecular flexibility index (Phi) is 4.69. The Bertz CT molecular complexity index is 728. The van der Waals surface area contributed by atoms with Gasteiger partial charge < -0.3 is 10.2 Å². The number of tetrazole rings is 1. The first-order chi connectivity index (χ1) is 12.7. The number of aromatic nitrogens is 4. The van der Waals surface area contributed by atoms with Crippen LogP contribution in [-0.2, 0) is 24.2 Å². The highest BCUT2D eigenvalue weighted by molar-refractivity contribution is 5.88. The Morgan fingerprint density at radius 2 is 1.88 bits per heavy atom. The molecule has 0 bridgehead atoms. The van der Waals surface area contributed by atoms with Crippen molar-refractivity contribution in [1.82, 2.24) is 35.7 Å². The number of H-pyrrole nitrogens is 1. The van der Waals surface area contributed by atoms with Crippen molar-refractivity contribution >= 4 is 5.91 Å². The summed E-state index contributed by atoms with van der Waals surface area (Å²) in [7, 11) is 0. The van der Waals surface area contributed by atoms with E-state index in [1.165, 1.54) is 11.1 Å². The zero-order valence-electron chi connectivity index (χ0n) is 15.1. The van der Waals surface area contributed by atoms with Gasteiger partial charge in [0.2, 0.25) is 5.91 Å². The van der Waals surface area contributed by atoms with Crippen molar-refractivity contribution in [3.05, 3.63) is 41.2 Å². The van der Waals surface area contributed by atoms with Crippen molar-refractivity contribution in [3.8, 4) is 0 Å². The smallest absolute Gasteiger partial charge is 0.241 e. The number of nitrogens with zero attached hydrogens (tertiary/aromatic N) is 5. The summed E-state index contributed by atoms with van der Waals surface area (Å²) in [6.07, 6.45) is 1.51. The minimum atomic E-state index is -0.521. The van der Waals surface area contributed by atoms with Crippen LogP contribution in [0.4, 0.5) is 0 Å². The van der Waals surface area contributed by atoms with E-state index in [0.717, 1.165) is 45.6 Å². The lowest BCUT2D eigenvalue weighted by Gasteiger charge is -2.44. The second-order valence-electron chi connectivity index (χ2n) is 7.09. The Morgan fingerprint density at radius 3 is 2.46 bits per heavy atom. The first-order valence-electron chi connectivity index (χ1n) is 9.26. The van der Waals surface area contributed by atoms with Crippen molar-refractivity contribution < 1.29 is 4.79 Å². The number of rotatable bonds is 5. The number of nitrogens with one attached hydrogen (secondary N) is 2. The number of hydrogen-bond acceptors (Lipinski definition) is 6. The molecular formula is C18H25N7O. The Hall–Kier alpha value is -2.32. The standard InChI is InChI=1S/C18H25N7O/c1-2-24-7-9-25(10-8-24)18(11-14-5-3-4-6-15(14)12-18)17(26)19-13-16-20-22-23-21-16/h3-6H,2,7-13H2,1H3,(H,19,26)(H,20,21,22,23). The van der Waals surface area contributed by atoms with Crippen molar-refractivity contribution in [3.63, 3.8) is 0 Å². The predicted molar refractivity (Wildman–Crippen MR) is 96.3 cm³/mol. The fourth-order valence-electron chi connectivity index (χ4n) is 4.20.